The van der Waals surface area contributed by atoms with Crippen LogP contribution in [0.2, 0.25) is 0 Å². The number of ether oxygens (including phenoxy) is 1. The van der Waals surface area contributed by atoms with Gasteiger partial charge < -0.3 is 4.74 Å². The van der Waals surface area contributed by atoms with Crippen LogP contribution >= 0.6 is 0 Å². The Labute approximate surface area is 103 Å². The minimum Gasteiger partial charge on any atom is -0.465 e. The number of esters is 1. The molecule has 114 valence electrons. The third-order valence-corrected chi connectivity index (χ3v) is 2.48. The van der Waals surface area contributed by atoms with Crippen molar-refractivity contribution in [3.05, 3.63) is 0 Å². The van der Waals surface area contributed by atoms with Crippen molar-refractivity contribution < 1.29 is 48.7 Å². The molecule has 0 heterocycles. The SMILES string of the molecule is O=C(CC(F)(F)F)OCCC(F)(F)C(F)(F)[SH](=O)=O. The molecule has 0 bridgehead atoms. The average molecular weight is 320 g/mol. The first-order valence-corrected chi connectivity index (χ1v) is 5.60. The molecule has 0 aromatic rings. The molecular weight excluding hydrogens is 313 g/mol. The van der Waals surface area contributed by atoms with Gasteiger partial charge in [0.1, 0.15) is 6.42 Å². The van der Waals surface area contributed by atoms with E-state index in [0.29, 0.717) is 0 Å². The van der Waals surface area contributed by atoms with E-state index >= 15 is 0 Å². The maximum absolute atomic E-state index is 12.7. The van der Waals surface area contributed by atoms with Gasteiger partial charge in [0.15, 0.2) is 0 Å². The Kier molecular flexibility index (Phi) is 5.59. The first-order valence-electron chi connectivity index (χ1n) is 4.42. The number of rotatable bonds is 6. The van der Waals surface area contributed by atoms with Crippen molar-refractivity contribution in [2.75, 3.05) is 6.61 Å². The predicted molar refractivity (Wildman–Crippen MR) is 46.5 cm³/mol. The van der Waals surface area contributed by atoms with E-state index < -0.39 is 53.5 Å². The molecular formula is C7H7F7O4S. The Balaban J connectivity index is 4.39. The van der Waals surface area contributed by atoms with Gasteiger partial charge in [0.25, 0.3) is 0 Å². The van der Waals surface area contributed by atoms with Crippen LogP contribution in [0.5, 0.6) is 0 Å². The zero-order valence-electron chi connectivity index (χ0n) is 8.85. The molecule has 0 atom stereocenters. The number of hydrogen-bond donors (Lipinski definition) is 1. The van der Waals surface area contributed by atoms with Crippen molar-refractivity contribution in [3.8, 4) is 0 Å². The molecule has 0 aliphatic heterocycles. The normalized spacial score (nSPS) is 13.7. The zero-order valence-corrected chi connectivity index (χ0v) is 9.74. The molecule has 0 aliphatic carbocycles. The topological polar surface area (TPSA) is 60.4 Å². The van der Waals surface area contributed by atoms with Gasteiger partial charge in [-0.3, -0.25) is 4.79 Å². The van der Waals surface area contributed by atoms with Crippen LogP contribution in [0.1, 0.15) is 12.8 Å². The van der Waals surface area contributed by atoms with Gasteiger partial charge in [-0.05, 0) is 0 Å². The van der Waals surface area contributed by atoms with Gasteiger partial charge in [0, 0.05) is 0 Å². The minimum atomic E-state index is -5.38. The molecule has 12 heteroatoms. The van der Waals surface area contributed by atoms with Crippen molar-refractivity contribution in [1.82, 2.24) is 0 Å². The number of carbonyl (C=O) groups excluding carboxylic acids is 1. The fourth-order valence-electron chi connectivity index (χ4n) is 0.792. The smallest absolute Gasteiger partial charge is 0.404 e. The summed E-state index contributed by atoms with van der Waals surface area (Å²) in [5.41, 5.74) is 0. The van der Waals surface area contributed by atoms with Gasteiger partial charge >= 0.3 is 23.3 Å². The summed E-state index contributed by atoms with van der Waals surface area (Å²) in [6, 6.07) is 0. The van der Waals surface area contributed by atoms with E-state index in [2.05, 4.69) is 4.74 Å². The highest BCUT2D eigenvalue weighted by Crippen LogP contribution is 2.37. The molecule has 4 nitrogen and oxygen atoms in total. The molecule has 0 radical (unpaired) electrons. The lowest BCUT2D eigenvalue weighted by Crippen LogP contribution is -2.42. The number of hydrogen-bond acceptors (Lipinski definition) is 4. The lowest BCUT2D eigenvalue weighted by atomic mass is 10.2. The maximum atomic E-state index is 12.7. The van der Waals surface area contributed by atoms with Gasteiger partial charge in [-0.25, -0.2) is 8.42 Å². The third kappa shape index (κ3) is 5.61. The van der Waals surface area contributed by atoms with E-state index in [1.54, 1.807) is 0 Å². The Hall–Kier alpha value is -1.07. The fourth-order valence-corrected chi connectivity index (χ4v) is 1.17. The highest BCUT2D eigenvalue weighted by atomic mass is 32.2. The first-order chi connectivity index (χ1) is 8.29. The standard InChI is InChI=1S/C7H7F7O4S/c8-5(9,7(13,14)19(16)17)1-2-18-4(15)3-6(10,11)12/h19H,1-3H2. The number of halogens is 7. The Morgan fingerprint density at radius 2 is 1.47 bits per heavy atom. The fraction of sp³-hybridized carbons (Fsp3) is 0.857. The van der Waals surface area contributed by atoms with Crippen molar-refractivity contribution in [1.29, 1.82) is 0 Å². The molecule has 0 amide bonds. The summed E-state index contributed by atoms with van der Waals surface area (Å²) in [4.78, 5) is 10.4. The van der Waals surface area contributed by atoms with Crippen molar-refractivity contribution in [3.63, 3.8) is 0 Å². The maximum Gasteiger partial charge on any atom is 0.404 e. The van der Waals surface area contributed by atoms with Crippen LogP contribution in [0.4, 0.5) is 30.7 Å². The van der Waals surface area contributed by atoms with Gasteiger partial charge in [0.05, 0.1) is 13.0 Å². The van der Waals surface area contributed by atoms with E-state index in [1.807, 2.05) is 0 Å². The highest BCUT2D eigenvalue weighted by Gasteiger charge is 2.59. The molecule has 0 spiro atoms. The van der Waals surface area contributed by atoms with Crippen LogP contribution in [0, 0.1) is 0 Å². The summed E-state index contributed by atoms with van der Waals surface area (Å²) in [5.74, 6) is -6.99. The lowest BCUT2D eigenvalue weighted by molar-refractivity contribution is -0.181. The van der Waals surface area contributed by atoms with Gasteiger partial charge in [-0.1, -0.05) is 0 Å². The van der Waals surface area contributed by atoms with E-state index in [-0.39, 0.29) is 0 Å². The quantitative estimate of drug-likeness (QED) is 0.460. The van der Waals surface area contributed by atoms with E-state index in [0.717, 1.165) is 0 Å². The van der Waals surface area contributed by atoms with Crippen LogP contribution in [0.15, 0.2) is 0 Å². The summed E-state index contributed by atoms with van der Waals surface area (Å²) >= 11 is 0. The van der Waals surface area contributed by atoms with Gasteiger partial charge in [-0.2, -0.15) is 30.7 Å². The second kappa shape index (κ2) is 5.92. The number of alkyl halides is 7. The summed E-state index contributed by atoms with van der Waals surface area (Å²) in [5, 5.41) is -5.38. The summed E-state index contributed by atoms with van der Waals surface area (Å²) in [6.45, 7) is -1.47. The lowest BCUT2D eigenvalue weighted by Gasteiger charge is -2.21. The second-order valence-corrected chi connectivity index (χ2v) is 4.34. The number of carbonyl (C=O) groups is 1. The van der Waals surface area contributed by atoms with Crippen LogP contribution in [-0.2, 0) is 20.2 Å². The zero-order chi connectivity index (χ0) is 15.5. The predicted octanol–water partition coefficient (Wildman–Crippen LogP) is 1.71. The summed E-state index contributed by atoms with van der Waals surface area (Å²) in [7, 11) is -4.79. The van der Waals surface area contributed by atoms with Crippen LogP contribution in [0.3, 0.4) is 0 Å². The van der Waals surface area contributed by atoms with E-state index in [4.69, 9.17) is 0 Å². The van der Waals surface area contributed by atoms with Crippen LogP contribution < -0.4 is 0 Å². The largest absolute Gasteiger partial charge is 0.465 e. The Morgan fingerprint density at radius 1 is 1.00 bits per heavy atom. The van der Waals surface area contributed by atoms with Gasteiger partial charge in [0.2, 0.25) is 10.7 Å². The molecule has 0 saturated carbocycles. The van der Waals surface area contributed by atoms with Gasteiger partial charge in [-0.15, -0.1) is 0 Å². The van der Waals surface area contributed by atoms with Crippen LogP contribution in [-0.4, -0.2) is 38.3 Å². The Bertz CT molecular complexity index is 393. The van der Waals surface area contributed by atoms with E-state index in [1.165, 1.54) is 0 Å². The van der Waals surface area contributed by atoms with Crippen molar-refractivity contribution in [2.45, 2.75) is 30.2 Å². The van der Waals surface area contributed by atoms with E-state index in [9.17, 15) is 43.9 Å². The average Bonchev–Trinajstić information content (AvgIpc) is 2.13. The highest BCUT2D eigenvalue weighted by molar-refractivity contribution is 7.73. The van der Waals surface area contributed by atoms with Crippen LogP contribution in [0.25, 0.3) is 0 Å². The summed E-state index contributed by atoms with van der Waals surface area (Å²) < 4.78 is 109. The molecule has 0 aromatic heterocycles. The second-order valence-electron chi connectivity index (χ2n) is 3.27. The molecule has 0 fully saturated rings. The van der Waals surface area contributed by atoms with Crippen molar-refractivity contribution in [2.24, 2.45) is 0 Å². The molecule has 19 heavy (non-hydrogen) atoms. The monoisotopic (exact) mass is 320 g/mol. The molecule has 0 aromatic carbocycles. The molecule has 0 rings (SSSR count). The number of thiol groups is 1. The minimum absolute atomic E-state index is 1.47. The molecule has 0 N–H and O–H groups in total. The molecule has 0 aliphatic rings. The molecule has 0 unspecified atom stereocenters. The van der Waals surface area contributed by atoms with Crippen molar-refractivity contribution >= 4 is 16.7 Å². The molecule has 0 saturated heterocycles. The third-order valence-electron chi connectivity index (χ3n) is 1.69. The first kappa shape index (κ1) is 17.9. The summed E-state index contributed by atoms with van der Waals surface area (Å²) in [6.07, 6.45) is -8.92. The Morgan fingerprint density at radius 3 is 1.84 bits per heavy atom.